The molecule has 1 amide bonds. The summed E-state index contributed by atoms with van der Waals surface area (Å²) in [4.78, 5) is 29.8. The van der Waals surface area contributed by atoms with Gasteiger partial charge in [-0.05, 0) is 31.0 Å². The lowest BCUT2D eigenvalue weighted by molar-refractivity contribution is -0.123. The molecule has 1 heterocycles. The zero-order valence-electron chi connectivity index (χ0n) is 12.3. The van der Waals surface area contributed by atoms with E-state index in [-0.39, 0.29) is 16.2 Å². The minimum atomic E-state index is -4.01. The van der Waals surface area contributed by atoms with Crippen molar-refractivity contribution in [1.29, 1.82) is 0 Å². The summed E-state index contributed by atoms with van der Waals surface area (Å²) in [6.07, 6.45) is 2.35. The van der Waals surface area contributed by atoms with Crippen molar-refractivity contribution in [1.82, 2.24) is 14.7 Å². The van der Waals surface area contributed by atoms with Crippen molar-refractivity contribution in [3.63, 3.8) is 0 Å². The standard InChI is InChI=1S/C14H17N3O4S/c1-3-9(4-2)13(18)17-22(20,21)10-5-6-12-11(7-10)14(19)16-8-15-12/h5-9H,3-4H2,1-2H3,(H,17,18)(H,15,16,19). The van der Waals surface area contributed by atoms with Gasteiger partial charge in [0.15, 0.2) is 0 Å². The number of sulfonamides is 1. The quantitative estimate of drug-likeness (QED) is 0.858. The Morgan fingerprint density at radius 3 is 2.64 bits per heavy atom. The first-order valence-electron chi connectivity index (χ1n) is 6.93. The number of aromatic nitrogens is 2. The van der Waals surface area contributed by atoms with Crippen LogP contribution in [-0.2, 0) is 14.8 Å². The van der Waals surface area contributed by atoms with Gasteiger partial charge in [-0.25, -0.2) is 18.1 Å². The lowest BCUT2D eigenvalue weighted by Gasteiger charge is -2.13. The van der Waals surface area contributed by atoms with Gasteiger partial charge in [-0.3, -0.25) is 9.59 Å². The highest BCUT2D eigenvalue weighted by molar-refractivity contribution is 7.90. The molecule has 0 aliphatic heterocycles. The van der Waals surface area contributed by atoms with E-state index in [9.17, 15) is 18.0 Å². The number of nitrogens with zero attached hydrogens (tertiary/aromatic N) is 1. The number of H-pyrrole nitrogens is 1. The van der Waals surface area contributed by atoms with Gasteiger partial charge in [0.05, 0.1) is 22.1 Å². The first kappa shape index (κ1) is 16.2. The fourth-order valence-electron chi connectivity index (χ4n) is 2.15. The van der Waals surface area contributed by atoms with Crippen molar-refractivity contribution < 1.29 is 13.2 Å². The van der Waals surface area contributed by atoms with Gasteiger partial charge in [0.25, 0.3) is 15.6 Å². The van der Waals surface area contributed by atoms with Crippen molar-refractivity contribution in [2.75, 3.05) is 0 Å². The lowest BCUT2D eigenvalue weighted by Crippen LogP contribution is -2.35. The molecule has 0 radical (unpaired) electrons. The van der Waals surface area contributed by atoms with Crippen LogP contribution in [0.3, 0.4) is 0 Å². The van der Waals surface area contributed by atoms with Gasteiger partial charge < -0.3 is 4.98 Å². The molecule has 2 rings (SSSR count). The SMILES string of the molecule is CCC(CC)C(=O)NS(=O)(=O)c1ccc2nc[nH]c(=O)c2c1. The average molecular weight is 323 g/mol. The second kappa shape index (κ2) is 6.27. The third-order valence-electron chi connectivity index (χ3n) is 3.51. The first-order valence-corrected chi connectivity index (χ1v) is 8.41. The molecule has 118 valence electrons. The fraction of sp³-hybridized carbons (Fsp3) is 0.357. The highest BCUT2D eigenvalue weighted by Crippen LogP contribution is 2.16. The van der Waals surface area contributed by atoms with Gasteiger partial charge in [0.1, 0.15) is 0 Å². The number of hydrogen-bond acceptors (Lipinski definition) is 5. The first-order chi connectivity index (χ1) is 10.4. The molecule has 0 unspecified atom stereocenters. The van der Waals surface area contributed by atoms with Gasteiger partial charge >= 0.3 is 0 Å². The predicted molar refractivity (Wildman–Crippen MR) is 81.8 cm³/mol. The van der Waals surface area contributed by atoms with E-state index in [1.54, 1.807) is 0 Å². The average Bonchev–Trinajstić information content (AvgIpc) is 2.48. The Labute approximate surface area is 127 Å². The van der Waals surface area contributed by atoms with Crippen LogP contribution in [0.4, 0.5) is 0 Å². The second-order valence-electron chi connectivity index (χ2n) is 4.89. The number of nitrogens with one attached hydrogen (secondary N) is 2. The third-order valence-corrected chi connectivity index (χ3v) is 4.86. The molecule has 7 nitrogen and oxygen atoms in total. The topological polar surface area (TPSA) is 109 Å². The number of carbonyl (C=O) groups is 1. The molecule has 0 fully saturated rings. The third kappa shape index (κ3) is 3.16. The molecule has 1 aromatic carbocycles. The number of benzene rings is 1. The summed E-state index contributed by atoms with van der Waals surface area (Å²) in [6.45, 7) is 3.64. The van der Waals surface area contributed by atoms with Crippen molar-refractivity contribution >= 4 is 26.8 Å². The number of carbonyl (C=O) groups excluding carboxylic acids is 1. The summed E-state index contributed by atoms with van der Waals surface area (Å²) in [6, 6.07) is 3.96. The van der Waals surface area contributed by atoms with Gasteiger partial charge in [-0.2, -0.15) is 0 Å². The maximum atomic E-state index is 12.3. The number of rotatable bonds is 5. The van der Waals surface area contributed by atoms with Crippen LogP contribution < -0.4 is 10.3 Å². The van der Waals surface area contributed by atoms with Crippen LogP contribution in [-0.4, -0.2) is 24.3 Å². The highest BCUT2D eigenvalue weighted by Gasteiger charge is 2.22. The van der Waals surface area contributed by atoms with Crippen molar-refractivity contribution in [2.45, 2.75) is 31.6 Å². The summed E-state index contributed by atoms with van der Waals surface area (Å²) in [5.41, 5.74) is -0.0533. The molecule has 0 spiro atoms. The van der Waals surface area contributed by atoms with Crippen molar-refractivity contribution in [3.05, 3.63) is 34.9 Å². The maximum Gasteiger partial charge on any atom is 0.264 e. The van der Waals surface area contributed by atoms with Crippen LogP contribution in [0.15, 0.2) is 34.2 Å². The van der Waals surface area contributed by atoms with Crippen LogP contribution in [0.1, 0.15) is 26.7 Å². The van der Waals surface area contributed by atoms with E-state index < -0.39 is 21.5 Å². The Kier molecular flexibility index (Phi) is 4.60. The van der Waals surface area contributed by atoms with Crippen LogP contribution in [0.25, 0.3) is 10.9 Å². The van der Waals surface area contributed by atoms with Gasteiger partial charge in [0.2, 0.25) is 5.91 Å². The second-order valence-corrected chi connectivity index (χ2v) is 6.58. The molecule has 8 heteroatoms. The van der Waals surface area contributed by atoms with E-state index in [0.717, 1.165) is 0 Å². The number of fused-ring (bicyclic) bond motifs is 1. The van der Waals surface area contributed by atoms with Crippen molar-refractivity contribution in [3.8, 4) is 0 Å². The Morgan fingerprint density at radius 1 is 1.32 bits per heavy atom. The predicted octanol–water partition coefficient (Wildman–Crippen LogP) is 1.16. The Balaban J connectivity index is 2.40. The molecule has 22 heavy (non-hydrogen) atoms. The summed E-state index contributed by atoms with van der Waals surface area (Å²) >= 11 is 0. The monoisotopic (exact) mass is 323 g/mol. The Hall–Kier alpha value is -2.22. The van der Waals surface area contributed by atoms with E-state index in [1.807, 2.05) is 13.8 Å². The number of amides is 1. The van der Waals surface area contributed by atoms with E-state index in [4.69, 9.17) is 0 Å². The maximum absolute atomic E-state index is 12.3. The molecule has 0 saturated heterocycles. The molecular formula is C14H17N3O4S. The molecule has 1 aromatic heterocycles. The van der Waals surface area contributed by atoms with Crippen LogP contribution in [0.2, 0.25) is 0 Å². The summed E-state index contributed by atoms with van der Waals surface area (Å²) in [5, 5.41) is 0.153. The summed E-state index contributed by atoms with van der Waals surface area (Å²) in [5.74, 6) is -0.898. The van der Waals surface area contributed by atoms with Crippen LogP contribution in [0.5, 0.6) is 0 Å². The lowest BCUT2D eigenvalue weighted by atomic mass is 10.0. The molecule has 2 N–H and O–H groups in total. The smallest absolute Gasteiger partial charge is 0.264 e. The number of hydrogen-bond donors (Lipinski definition) is 2. The van der Waals surface area contributed by atoms with Gasteiger partial charge in [0, 0.05) is 5.92 Å². The van der Waals surface area contributed by atoms with E-state index in [2.05, 4.69) is 14.7 Å². The zero-order valence-corrected chi connectivity index (χ0v) is 13.1. The molecule has 0 aliphatic rings. The molecular weight excluding hydrogens is 306 g/mol. The van der Waals surface area contributed by atoms with Crippen molar-refractivity contribution in [2.24, 2.45) is 5.92 Å². The Bertz CT molecular complexity index is 854. The molecule has 0 atom stereocenters. The summed E-state index contributed by atoms with van der Waals surface area (Å²) in [7, 11) is -4.01. The summed E-state index contributed by atoms with van der Waals surface area (Å²) < 4.78 is 26.6. The van der Waals surface area contributed by atoms with E-state index >= 15 is 0 Å². The van der Waals surface area contributed by atoms with E-state index in [0.29, 0.717) is 18.4 Å². The zero-order chi connectivity index (χ0) is 16.3. The fourth-order valence-corrected chi connectivity index (χ4v) is 3.22. The molecule has 0 bridgehead atoms. The van der Waals surface area contributed by atoms with Gasteiger partial charge in [-0.1, -0.05) is 13.8 Å². The normalized spacial score (nSPS) is 11.8. The minimum Gasteiger partial charge on any atom is -0.313 e. The Morgan fingerprint density at radius 2 is 2.00 bits per heavy atom. The van der Waals surface area contributed by atoms with Crippen LogP contribution in [0, 0.1) is 5.92 Å². The minimum absolute atomic E-state index is 0.141. The molecule has 0 aliphatic carbocycles. The largest absolute Gasteiger partial charge is 0.313 e. The van der Waals surface area contributed by atoms with E-state index in [1.165, 1.54) is 24.5 Å². The highest BCUT2D eigenvalue weighted by atomic mass is 32.2. The number of aromatic amines is 1. The molecule has 2 aromatic rings. The van der Waals surface area contributed by atoms with Crippen LogP contribution >= 0.6 is 0 Å². The molecule has 0 saturated carbocycles. The van der Waals surface area contributed by atoms with Gasteiger partial charge in [-0.15, -0.1) is 0 Å².